The molecule has 3 rings (SSSR count). The van der Waals surface area contributed by atoms with Crippen LogP contribution in [0.3, 0.4) is 0 Å². The zero-order valence-corrected chi connectivity index (χ0v) is 16.3. The number of benzene rings is 2. The first-order chi connectivity index (χ1) is 13.7. The Morgan fingerprint density at radius 2 is 1.79 bits per heavy atom. The molecule has 1 amide bonds. The maximum atomic E-state index is 13.0. The van der Waals surface area contributed by atoms with Crippen LogP contribution in [0.15, 0.2) is 64.3 Å². The molecule has 150 valence electrons. The molecule has 0 saturated carbocycles. The fourth-order valence-electron chi connectivity index (χ4n) is 2.64. The monoisotopic (exact) mass is 419 g/mol. The minimum Gasteiger partial charge on any atom is -0.320 e. The first-order valence-corrected chi connectivity index (χ1v) is 9.65. The van der Waals surface area contributed by atoms with Crippen LogP contribution in [0.1, 0.15) is 21.7 Å². The summed E-state index contributed by atoms with van der Waals surface area (Å²) >= 11 is 1.54. The van der Waals surface area contributed by atoms with Gasteiger partial charge in [0.25, 0.3) is 5.91 Å². The maximum Gasteiger partial charge on any atom is 0.416 e. The van der Waals surface area contributed by atoms with Crippen LogP contribution in [-0.2, 0) is 6.18 Å². The Kier molecular flexibility index (Phi) is 5.78. The van der Waals surface area contributed by atoms with Crippen molar-refractivity contribution in [2.24, 2.45) is 0 Å². The van der Waals surface area contributed by atoms with Gasteiger partial charge in [0.15, 0.2) is 5.69 Å². The molecule has 0 bridgehead atoms. The Morgan fingerprint density at radius 3 is 2.41 bits per heavy atom. The molecule has 29 heavy (non-hydrogen) atoms. The summed E-state index contributed by atoms with van der Waals surface area (Å²) < 4.78 is 40.2. The van der Waals surface area contributed by atoms with E-state index < -0.39 is 28.8 Å². The zero-order chi connectivity index (χ0) is 21.2. The summed E-state index contributed by atoms with van der Waals surface area (Å²) in [5.41, 5.74) is -1.02. The van der Waals surface area contributed by atoms with Crippen molar-refractivity contribution in [1.29, 1.82) is 0 Å². The summed E-state index contributed by atoms with van der Waals surface area (Å²) in [5.74, 6) is -0.743. The predicted molar refractivity (Wildman–Crippen MR) is 106 cm³/mol. The van der Waals surface area contributed by atoms with Gasteiger partial charge in [0.2, 0.25) is 5.43 Å². The van der Waals surface area contributed by atoms with E-state index in [1.54, 1.807) is 23.9 Å². The van der Waals surface area contributed by atoms with E-state index in [4.69, 9.17) is 0 Å². The summed E-state index contributed by atoms with van der Waals surface area (Å²) in [4.78, 5) is 25.8. The van der Waals surface area contributed by atoms with E-state index in [0.717, 1.165) is 21.7 Å². The van der Waals surface area contributed by atoms with E-state index in [2.05, 4.69) is 10.4 Å². The molecule has 0 spiro atoms. The van der Waals surface area contributed by atoms with Gasteiger partial charge in [0.05, 0.1) is 11.3 Å². The third-order valence-electron chi connectivity index (χ3n) is 4.09. The highest BCUT2D eigenvalue weighted by molar-refractivity contribution is 7.98. The van der Waals surface area contributed by atoms with E-state index >= 15 is 0 Å². The summed E-state index contributed by atoms with van der Waals surface area (Å²) in [6, 6.07) is 12.7. The number of halogens is 3. The highest BCUT2D eigenvalue weighted by atomic mass is 32.2. The van der Waals surface area contributed by atoms with Gasteiger partial charge in [-0.3, -0.25) is 9.59 Å². The highest BCUT2D eigenvalue weighted by Crippen LogP contribution is 2.30. The Morgan fingerprint density at radius 1 is 1.10 bits per heavy atom. The van der Waals surface area contributed by atoms with Gasteiger partial charge in [-0.25, -0.2) is 4.68 Å². The molecule has 5 nitrogen and oxygen atoms in total. The normalized spacial score (nSPS) is 11.3. The van der Waals surface area contributed by atoms with Crippen LogP contribution < -0.4 is 10.7 Å². The maximum absolute atomic E-state index is 13.0. The Labute approximate surface area is 168 Å². The third-order valence-corrected chi connectivity index (χ3v) is 4.83. The van der Waals surface area contributed by atoms with Crippen molar-refractivity contribution in [3.63, 3.8) is 0 Å². The number of nitrogens with one attached hydrogen (secondary N) is 1. The minimum absolute atomic E-state index is 0.0932. The lowest BCUT2D eigenvalue weighted by molar-refractivity contribution is -0.137. The topological polar surface area (TPSA) is 64.0 Å². The molecule has 0 radical (unpaired) electrons. The molecular weight excluding hydrogens is 403 g/mol. The number of hydrogen-bond donors (Lipinski definition) is 1. The number of alkyl halides is 3. The molecule has 1 heterocycles. The number of carbonyl (C=O) groups is 1. The highest BCUT2D eigenvalue weighted by Gasteiger charge is 2.30. The van der Waals surface area contributed by atoms with Gasteiger partial charge < -0.3 is 5.32 Å². The van der Waals surface area contributed by atoms with Crippen molar-refractivity contribution in [1.82, 2.24) is 9.78 Å². The molecule has 1 aromatic heterocycles. The lowest BCUT2D eigenvalue weighted by atomic mass is 10.2. The average Bonchev–Trinajstić information content (AvgIpc) is 2.68. The number of hydrogen-bond acceptors (Lipinski definition) is 4. The number of aromatic nitrogens is 2. The quantitative estimate of drug-likeness (QED) is 0.631. The molecule has 0 fully saturated rings. The third kappa shape index (κ3) is 4.68. The Hall–Kier alpha value is -3.07. The number of aryl methyl sites for hydroxylation is 1. The van der Waals surface area contributed by atoms with E-state index in [-0.39, 0.29) is 5.69 Å². The molecule has 2 aromatic carbocycles. The van der Waals surface area contributed by atoms with Crippen LogP contribution in [0.2, 0.25) is 0 Å². The van der Waals surface area contributed by atoms with Crippen LogP contribution in [0.5, 0.6) is 0 Å². The van der Waals surface area contributed by atoms with E-state index in [9.17, 15) is 22.8 Å². The van der Waals surface area contributed by atoms with Crippen LogP contribution >= 0.6 is 11.8 Å². The van der Waals surface area contributed by atoms with Gasteiger partial charge in [0, 0.05) is 22.3 Å². The molecule has 0 atom stereocenters. The van der Waals surface area contributed by atoms with E-state index in [1.165, 1.54) is 25.1 Å². The lowest BCUT2D eigenvalue weighted by Crippen LogP contribution is -2.27. The summed E-state index contributed by atoms with van der Waals surface area (Å²) in [5, 5.41) is 6.60. The minimum atomic E-state index is -4.52. The zero-order valence-electron chi connectivity index (χ0n) is 15.4. The predicted octanol–water partition coefficient (Wildman–Crippen LogP) is 4.53. The van der Waals surface area contributed by atoms with Crippen LogP contribution in [0, 0.1) is 6.92 Å². The van der Waals surface area contributed by atoms with E-state index in [1.807, 2.05) is 18.4 Å². The van der Waals surface area contributed by atoms with Crippen LogP contribution in [0.4, 0.5) is 18.9 Å². The number of rotatable bonds is 4. The van der Waals surface area contributed by atoms with Crippen LogP contribution in [-0.4, -0.2) is 21.9 Å². The number of amides is 1. The molecule has 0 unspecified atom stereocenters. The average molecular weight is 419 g/mol. The van der Waals surface area contributed by atoms with Crippen LogP contribution in [0.25, 0.3) is 5.69 Å². The summed E-state index contributed by atoms with van der Waals surface area (Å²) in [6.45, 7) is 1.53. The molecule has 1 N–H and O–H groups in total. The van der Waals surface area contributed by atoms with E-state index in [0.29, 0.717) is 11.4 Å². The molecule has 0 aliphatic heterocycles. The molecule has 0 saturated heterocycles. The van der Waals surface area contributed by atoms with Gasteiger partial charge in [-0.05, 0) is 55.6 Å². The van der Waals surface area contributed by atoms with Crippen molar-refractivity contribution >= 4 is 23.4 Å². The molecule has 0 aliphatic rings. The Bertz CT molecular complexity index is 1110. The summed E-state index contributed by atoms with van der Waals surface area (Å²) in [7, 11) is 0. The first kappa shape index (κ1) is 20.7. The largest absolute Gasteiger partial charge is 0.416 e. The number of nitrogens with zero attached hydrogens (tertiary/aromatic N) is 2. The Balaban J connectivity index is 1.97. The SMILES string of the molecule is CSc1ccc(NC(=O)c2nn(-c3cccc(C(F)(F)F)c3)c(C)cc2=O)cc1. The van der Waals surface area contributed by atoms with Gasteiger partial charge >= 0.3 is 6.18 Å². The van der Waals surface area contributed by atoms with Gasteiger partial charge in [-0.2, -0.15) is 18.3 Å². The van der Waals surface area contributed by atoms with Gasteiger partial charge in [-0.1, -0.05) is 6.07 Å². The number of anilines is 1. The standard InChI is InChI=1S/C20H16F3N3O2S/c1-12-10-17(27)18(19(28)24-14-6-8-16(29-2)9-7-14)25-26(12)15-5-3-4-13(11-15)20(21,22)23/h3-11H,1-2H3,(H,24,28). The first-order valence-electron chi connectivity index (χ1n) is 8.43. The summed E-state index contributed by atoms with van der Waals surface area (Å²) in [6.07, 6.45) is -2.61. The molecule has 3 aromatic rings. The number of thioether (sulfide) groups is 1. The van der Waals surface area contributed by atoms with Crippen molar-refractivity contribution in [3.8, 4) is 5.69 Å². The van der Waals surface area contributed by atoms with Gasteiger partial charge in [-0.15, -0.1) is 11.8 Å². The van der Waals surface area contributed by atoms with Crippen molar-refractivity contribution < 1.29 is 18.0 Å². The van der Waals surface area contributed by atoms with Crippen molar-refractivity contribution in [2.75, 3.05) is 11.6 Å². The number of carbonyl (C=O) groups excluding carboxylic acids is 1. The van der Waals surface area contributed by atoms with Crippen molar-refractivity contribution in [2.45, 2.75) is 18.0 Å². The van der Waals surface area contributed by atoms with Gasteiger partial charge in [0.1, 0.15) is 0 Å². The fourth-order valence-corrected chi connectivity index (χ4v) is 3.05. The molecular formula is C20H16F3N3O2S. The smallest absolute Gasteiger partial charge is 0.320 e. The molecule has 0 aliphatic carbocycles. The van der Waals surface area contributed by atoms with Crippen molar-refractivity contribution in [3.05, 3.63) is 81.8 Å². The fraction of sp³-hybridized carbons (Fsp3) is 0.150. The second-order valence-corrected chi connectivity index (χ2v) is 7.02. The second-order valence-electron chi connectivity index (χ2n) is 6.14. The molecule has 9 heteroatoms. The lowest BCUT2D eigenvalue weighted by Gasteiger charge is -2.13. The second kappa shape index (κ2) is 8.12.